The maximum atomic E-state index is 12.5. The van der Waals surface area contributed by atoms with Crippen molar-refractivity contribution in [3.8, 4) is 0 Å². The molecule has 116 valence electrons. The zero-order valence-corrected chi connectivity index (χ0v) is 14.0. The van der Waals surface area contributed by atoms with Crippen molar-refractivity contribution >= 4 is 21.8 Å². The average molecular weight is 356 g/mol. The third-order valence-electron chi connectivity index (χ3n) is 4.58. The molecule has 2 heterocycles. The Balaban J connectivity index is 1.72. The standard InChI is InChI=1S/C15H22BrN3O2/c1-8(2)19-7-9(16)6-11(19)15(20)18-13-12(17)10-4-3-5-21-14(10)13/h6-8,10,12-14H,3-5,17H2,1-2H3,(H,18,20). The molecule has 21 heavy (non-hydrogen) atoms. The Morgan fingerprint density at radius 2 is 2.33 bits per heavy atom. The van der Waals surface area contributed by atoms with E-state index >= 15 is 0 Å². The molecule has 1 aliphatic carbocycles. The maximum Gasteiger partial charge on any atom is 0.268 e. The molecular formula is C15H22BrN3O2. The van der Waals surface area contributed by atoms with Crippen molar-refractivity contribution < 1.29 is 9.53 Å². The summed E-state index contributed by atoms with van der Waals surface area (Å²) in [6.45, 7) is 4.88. The molecule has 4 atom stereocenters. The number of aromatic nitrogens is 1. The summed E-state index contributed by atoms with van der Waals surface area (Å²) in [7, 11) is 0. The van der Waals surface area contributed by atoms with Crippen molar-refractivity contribution in [2.24, 2.45) is 11.7 Å². The number of carbonyl (C=O) groups is 1. The number of nitrogens with two attached hydrogens (primary N) is 1. The normalized spacial score (nSPS) is 31.7. The number of nitrogens with zero attached hydrogens (tertiary/aromatic N) is 1. The van der Waals surface area contributed by atoms with Crippen molar-refractivity contribution in [2.75, 3.05) is 6.61 Å². The molecule has 1 saturated carbocycles. The van der Waals surface area contributed by atoms with Crippen LogP contribution in [0.4, 0.5) is 0 Å². The van der Waals surface area contributed by atoms with Gasteiger partial charge in [-0.15, -0.1) is 0 Å². The summed E-state index contributed by atoms with van der Waals surface area (Å²) >= 11 is 3.43. The number of nitrogens with one attached hydrogen (secondary N) is 1. The van der Waals surface area contributed by atoms with Crippen LogP contribution in [-0.4, -0.2) is 35.3 Å². The molecule has 1 aromatic rings. The summed E-state index contributed by atoms with van der Waals surface area (Å²) in [6.07, 6.45) is 4.19. The van der Waals surface area contributed by atoms with Gasteiger partial charge in [0.2, 0.25) is 0 Å². The van der Waals surface area contributed by atoms with Crippen molar-refractivity contribution in [1.29, 1.82) is 0 Å². The second-order valence-electron chi connectivity index (χ2n) is 6.26. The number of carbonyl (C=O) groups excluding carboxylic acids is 1. The number of rotatable bonds is 3. The van der Waals surface area contributed by atoms with E-state index in [1.165, 1.54) is 0 Å². The van der Waals surface area contributed by atoms with Crippen LogP contribution in [-0.2, 0) is 4.74 Å². The van der Waals surface area contributed by atoms with E-state index in [0.717, 1.165) is 23.9 Å². The number of ether oxygens (including phenoxy) is 1. The summed E-state index contributed by atoms with van der Waals surface area (Å²) in [5.74, 6) is 0.315. The van der Waals surface area contributed by atoms with Crippen LogP contribution in [0.25, 0.3) is 0 Å². The lowest BCUT2D eigenvalue weighted by Gasteiger charge is -2.52. The lowest BCUT2D eigenvalue weighted by atomic mass is 9.68. The maximum absolute atomic E-state index is 12.5. The third-order valence-corrected chi connectivity index (χ3v) is 5.01. The molecule has 2 aliphatic rings. The van der Waals surface area contributed by atoms with E-state index in [4.69, 9.17) is 10.5 Å². The van der Waals surface area contributed by atoms with E-state index in [0.29, 0.717) is 11.6 Å². The quantitative estimate of drug-likeness (QED) is 0.871. The van der Waals surface area contributed by atoms with E-state index < -0.39 is 0 Å². The van der Waals surface area contributed by atoms with Crippen LogP contribution in [0, 0.1) is 5.92 Å². The Labute approximate surface area is 133 Å². The van der Waals surface area contributed by atoms with Crippen LogP contribution >= 0.6 is 15.9 Å². The number of halogens is 1. The molecule has 1 saturated heterocycles. The van der Waals surface area contributed by atoms with Gasteiger partial charge in [0, 0.05) is 35.3 Å². The lowest BCUT2D eigenvalue weighted by Crippen LogP contribution is -2.72. The summed E-state index contributed by atoms with van der Waals surface area (Å²) in [6, 6.07) is 2.01. The van der Waals surface area contributed by atoms with E-state index in [1.54, 1.807) is 0 Å². The fourth-order valence-electron chi connectivity index (χ4n) is 3.41. The first-order valence-electron chi connectivity index (χ1n) is 7.54. The summed E-state index contributed by atoms with van der Waals surface area (Å²) < 4.78 is 8.64. The van der Waals surface area contributed by atoms with Crippen LogP contribution in [0.15, 0.2) is 16.7 Å². The van der Waals surface area contributed by atoms with E-state index in [-0.39, 0.29) is 30.1 Å². The summed E-state index contributed by atoms with van der Waals surface area (Å²) in [5, 5.41) is 3.06. The molecule has 5 nitrogen and oxygen atoms in total. The highest BCUT2D eigenvalue weighted by Gasteiger charge is 2.51. The molecule has 0 aromatic carbocycles. The second-order valence-corrected chi connectivity index (χ2v) is 7.18. The third kappa shape index (κ3) is 2.64. The second kappa shape index (κ2) is 5.74. The first-order chi connectivity index (χ1) is 9.99. The zero-order valence-electron chi connectivity index (χ0n) is 12.4. The van der Waals surface area contributed by atoms with Gasteiger partial charge in [0.15, 0.2) is 0 Å². The van der Waals surface area contributed by atoms with Crippen LogP contribution in [0.5, 0.6) is 0 Å². The monoisotopic (exact) mass is 355 g/mol. The van der Waals surface area contributed by atoms with Crippen LogP contribution in [0.3, 0.4) is 0 Å². The molecule has 0 radical (unpaired) electrons. The van der Waals surface area contributed by atoms with Crippen molar-refractivity contribution in [1.82, 2.24) is 9.88 Å². The van der Waals surface area contributed by atoms with Crippen molar-refractivity contribution in [3.63, 3.8) is 0 Å². The fraction of sp³-hybridized carbons (Fsp3) is 0.667. The lowest BCUT2D eigenvalue weighted by molar-refractivity contribution is -0.117. The highest BCUT2D eigenvalue weighted by Crippen LogP contribution is 2.37. The molecule has 3 N–H and O–H groups in total. The van der Waals surface area contributed by atoms with E-state index in [1.807, 2.05) is 16.8 Å². The van der Waals surface area contributed by atoms with Gasteiger partial charge < -0.3 is 20.4 Å². The Morgan fingerprint density at radius 3 is 3.05 bits per heavy atom. The molecule has 1 aliphatic heterocycles. The fourth-order valence-corrected chi connectivity index (χ4v) is 3.84. The van der Waals surface area contributed by atoms with Gasteiger partial charge in [0.05, 0.1) is 12.1 Å². The van der Waals surface area contributed by atoms with Crippen LogP contribution in [0.1, 0.15) is 43.2 Å². The molecule has 0 bridgehead atoms. The molecule has 2 fully saturated rings. The van der Waals surface area contributed by atoms with Gasteiger partial charge in [-0.2, -0.15) is 0 Å². The summed E-state index contributed by atoms with van der Waals surface area (Å²) in [4.78, 5) is 12.5. The van der Waals surface area contributed by atoms with Gasteiger partial charge in [0.25, 0.3) is 5.91 Å². The topological polar surface area (TPSA) is 69.3 Å². The minimum Gasteiger partial charge on any atom is -0.376 e. The van der Waals surface area contributed by atoms with Gasteiger partial charge in [-0.3, -0.25) is 4.79 Å². The van der Waals surface area contributed by atoms with Crippen molar-refractivity contribution in [3.05, 3.63) is 22.4 Å². The Kier molecular flexibility index (Phi) is 4.12. The van der Waals surface area contributed by atoms with Gasteiger partial charge in [0.1, 0.15) is 5.69 Å². The molecular weight excluding hydrogens is 334 g/mol. The van der Waals surface area contributed by atoms with E-state index in [9.17, 15) is 4.79 Å². The molecule has 1 aromatic heterocycles. The number of hydrogen-bond acceptors (Lipinski definition) is 3. The van der Waals surface area contributed by atoms with Gasteiger partial charge in [-0.05, 0) is 48.7 Å². The smallest absolute Gasteiger partial charge is 0.268 e. The minimum absolute atomic E-state index is 0.00477. The van der Waals surface area contributed by atoms with Crippen molar-refractivity contribution in [2.45, 2.75) is 50.9 Å². The Morgan fingerprint density at radius 1 is 1.57 bits per heavy atom. The van der Waals surface area contributed by atoms with Gasteiger partial charge >= 0.3 is 0 Å². The van der Waals surface area contributed by atoms with E-state index in [2.05, 4.69) is 35.1 Å². The zero-order chi connectivity index (χ0) is 15.1. The number of amides is 1. The molecule has 1 amide bonds. The Hall–Kier alpha value is -0.850. The predicted molar refractivity (Wildman–Crippen MR) is 84.2 cm³/mol. The molecule has 3 rings (SSSR count). The van der Waals surface area contributed by atoms with Crippen LogP contribution < -0.4 is 11.1 Å². The molecule has 0 spiro atoms. The number of fused-ring (bicyclic) bond motifs is 1. The average Bonchev–Trinajstić information content (AvgIpc) is 2.86. The SMILES string of the molecule is CC(C)n1cc(Br)cc1C(=O)NC1C(N)C2CCCOC21. The first kappa shape index (κ1) is 15.1. The summed E-state index contributed by atoms with van der Waals surface area (Å²) in [5.41, 5.74) is 6.85. The van der Waals surface area contributed by atoms with Gasteiger partial charge in [-0.1, -0.05) is 0 Å². The first-order valence-corrected chi connectivity index (χ1v) is 8.33. The predicted octanol–water partition coefficient (Wildman–Crippen LogP) is 2.07. The number of hydrogen-bond donors (Lipinski definition) is 2. The molecule has 6 heteroatoms. The van der Waals surface area contributed by atoms with Crippen LogP contribution in [0.2, 0.25) is 0 Å². The van der Waals surface area contributed by atoms with Gasteiger partial charge in [-0.25, -0.2) is 0 Å². The largest absolute Gasteiger partial charge is 0.376 e. The Bertz CT molecular complexity index is 543. The highest BCUT2D eigenvalue weighted by molar-refractivity contribution is 9.10. The minimum atomic E-state index is -0.0810. The highest BCUT2D eigenvalue weighted by atomic mass is 79.9. The molecule has 4 unspecified atom stereocenters.